The van der Waals surface area contributed by atoms with E-state index in [2.05, 4.69) is 63.9 Å². The number of anilines is 1. The van der Waals surface area contributed by atoms with Gasteiger partial charge in [0, 0.05) is 41.3 Å². The number of fused-ring (bicyclic) bond motifs is 1. The van der Waals surface area contributed by atoms with Gasteiger partial charge in [-0.1, -0.05) is 24.3 Å². The van der Waals surface area contributed by atoms with Gasteiger partial charge in [-0.15, -0.1) is 11.3 Å². The van der Waals surface area contributed by atoms with Gasteiger partial charge < -0.3 is 10.1 Å². The van der Waals surface area contributed by atoms with Gasteiger partial charge in [-0.25, -0.2) is 0 Å². The van der Waals surface area contributed by atoms with E-state index in [1.807, 2.05) is 17.4 Å². The van der Waals surface area contributed by atoms with E-state index in [1.54, 1.807) is 0 Å². The summed E-state index contributed by atoms with van der Waals surface area (Å²) in [6.45, 7) is 6.55. The number of pyridine rings is 1. The summed E-state index contributed by atoms with van der Waals surface area (Å²) in [5.41, 5.74) is 3.25. The summed E-state index contributed by atoms with van der Waals surface area (Å²) in [5, 5.41) is 7.04. The number of aryl methyl sites for hydroxylation is 1. The van der Waals surface area contributed by atoms with Gasteiger partial charge in [0.2, 0.25) is 0 Å². The molecule has 3 aromatic rings. The van der Waals surface area contributed by atoms with Crippen LogP contribution in [-0.2, 0) is 4.74 Å². The summed E-state index contributed by atoms with van der Waals surface area (Å²) in [4.78, 5) is 8.57. The normalized spacial score (nSPS) is 16.8. The highest BCUT2D eigenvalue weighted by atomic mass is 32.1. The number of para-hydroxylation sites is 1. The largest absolute Gasteiger partial charge is 0.382 e. The number of morpholine rings is 1. The van der Waals surface area contributed by atoms with Gasteiger partial charge in [0.15, 0.2) is 0 Å². The number of thiophene rings is 1. The van der Waals surface area contributed by atoms with Crippen molar-refractivity contribution in [2.75, 3.05) is 38.2 Å². The van der Waals surface area contributed by atoms with E-state index in [1.165, 1.54) is 10.3 Å². The first-order valence-corrected chi connectivity index (χ1v) is 9.65. The van der Waals surface area contributed by atoms with Gasteiger partial charge in [0.1, 0.15) is 0 Å². The van der Waals surface area contributed by atoms with Crippen molar-refractivity contribution >= 4 is 27.9 Å². The SMILES string of the molecule is Cc1cc(NC[C@@H](c2cccs2)N2CCOCC2)c2ccccc2n1. The predicted octanol–water partition coefficient (Wildman–Crippen LogP) is 4.09. The van der Waals surface area contributed by atoms with Crippen LogP contribution in [0.4, 0.5) is 5.69 Å². The Morgan fingerprint density at radius 1 is 1.20 bits per heavy atom. The monoisotopic (exact) mass is 353 g/mol. The van der Waals surface area contributed by atoms with Crippen molar-refractivity contribution in [3.8, 4) is 0 Å². The van der Waals surface area contributed by atoms with E-state index < -0.39 is 0 Å². The minimum absolute atomic E-state index is 0.371. The molecule has 0 unspecified atom stereocenters. The van der Waals surface area contributed by atoms with Crippen molar-refractivity contribution in [2.24, 2.45) is 0 Å². The van der Waals surface area contributed by atoms with Crippen LogP contribution < -0.4 is 5.32 Å². The Morgan fingerprint density at radius 2 is 2.04 bits per heavy atom. The van der Waals surface area contributed by atoms with Crippen LogP contribution in [0.15, 0.2) is 47.8 Å². The van der Waals surface area contributed by atoms with Crippen molar-refractivity contribution in [3.63, 3.8) is 0 Å². The van der Waals surface area contributed by atoms with Crippen molar-refractivity contribution in [2.45, 2.75) is 13.0 Å². The maximum absolute atomic E-state index is 5.54. The lowest BCUT2D eigenvalue weighted by Crippen LogP contribution is -2.41. The number of hydrogen-bond donors (Lipinski definition) is 1. The van der Waals surface area contributed by atoms with E-state index in [0.717, 1.165) is 49.7 Å². The number of hydrogen-bond acceptors (Lipinski definition) is 5. The minimum atomic E-state index is 0.371. The average Bonchev–Trinajstić information content (AvgIpc) is 3.17. The highest BCUT2D eigenvalue weighted by Gasteiger charge is 2.23. The summed E-state index contributed by atoms with van der Waals surface area (Å²) >= 11 is 1.83. The lowest BCUT2D eigenvalue weighted by Gasteiger charge is -2.34. The number of nitrogens with zero attached hydrogens (tertiary/aromatic N) is 2. The van der Waals surface area contributed by atoms with Crippen molar-refractivity contribution in [3.05, 3.63) is 58.4 Å². The van der Waals surface area contributed by atoms with E-state index in [0.29, 0.717) is 6.04 Å². The third-order valence-electron chi connectivity index (χ3n) is 4.69. The molecular weight excluding hydrogens is 330 g/mol. The lowest BCUT2D eigenvalue weighted by molar-refractivity contribution is 0.0194. The number of ether oxygens (including phenoxy) is 1. The Morgan fingerprint density at radius 3 is 2.84 bits per heavy atom. The van der Waals surface area contributed by atoms with Gasteiger partial charge in [0.25, 0.3) is 0 Å². The molecule has 0 radical (unpaired) electrons. The third-order valence-corrected chi connectivity index (χ3v) is 5.66. The van der Waals surface area contributed by atoms with Crippen LogP contribution in [-0.4, -0.2) is 42.7 Å². The molecule has 2 aromatic heterocycles. The molecule has 130 valence electrons. The Balaban J connectivity index is 1.59. The molecular formula is C20H23N3OS. The molecule has 1 atom stereocenters. The topological polar surface area (TPSA) is 37.4 Å². The fourth-order valence-electron chi connectivity index (χ4n) is 3.44. The second-order valence-corrected chi connectivity index (χ2v) is 7.37. The molecule has 0 bridgehead atoms. The zero-order chi connectivity index (χ0) is 17.1. The summed E-state index contributed by atoms with van der Waals surface area (Å²) in [7, 11) is 0. The molecule has 0 amide bonds. The predicted molar refractivity (Wildman–Crippen MR) is 104 cm³/mol. The molecule has 5 heteroatoms. The van der Waals surface area contributed by atoms with Crippen molar-refractivity contribution in [1.82, 2.24) is 9.88 Å². The van der Waals surface area contributed by atoms with Crippen molar-refractivity contribution < 1.29 is 4.74 Å². The highest BCUT2D eigenvalue weighted by molar-refractivity contribution is 7.10. The minimum Gasteiger partial charge on any atom is -0.382 e. The zero-order valence-electron chi connectivity index (χ0n) is 14.4. The highest BCUT2D eigenvalue weighted by Crippen LogP contribution is 2.28. The second kappa shape index (κ2) is 7.52. The molecule has 1 N–H and O–H groups in total. The van der Waals surface area contributed by atoms with Gasteiger partial charge in [-0.05, 0) is 30.5 Å². The maximum Gasteiger partial charge on any atom is 0.0725 e. The molecule has 4 rings (SSSR count). The van der Waals surface area contributed by atoms with Crippen LogP contribution >= 0.6 is 11.3 Å². The molecule has 1 aromatic carbocycles. The molecule has 1 aliphatic heterocycles. The Kier molecular flexibility index (Phi) is 4.97. The Labute approximate surface area is 152 Å². The van der Waals surface area contributed by atoms with Gasteiger partial charge >= 0.3 is 0 Å². The third kappa shape index (κ3) is 3.68. The smallest absolute Gasteiger partial charge is 0.0725 e. The van der Waals surface area contributed by atoms with Gasteiger partial charge in [-0.2, -0.15) is 0 Å². The van der Waals surface area contributed by atoms with Crippen LogP contribution in [0.25, 0.3) is 10.9 Å². The lowest BCUT2D eigenvalue weighted by atomic mass is 10.1. The average molecular weight is 353 g/mol. The van der Waals surface area contributed by atoms with E-state index in [-0.39, 0.29) is 0 Å². The number of aromatic nitrogens is 1. The standard InChI is InChI=1S/C20H23N3OS/c1-15-13-18(16-5-2-3-6-17(16)22-15)21-14-19(20-7-4-12-25-20)23-8-10-24-11-9-23/h2-7,12-13,19H,8-11,14H2,1H3,(H,21,22)/t19-/m0/s1. The van der Waals surface area contributed by atoms with Crippen LogP contribution in [0.3, 0.4) is 0 Å². The van der Waals surface area contributed by atoms with Crippen LogP contribution in [0.2, 0.25) is 0 Å². The van der Waals surface area contributed by atoms with Gasteiger partial charge in [-0.3, -0.25) is 9.88 Å². The summed E-state index contributed by atoms with van der Waals surface area (Å²) in [5.74, 6) is 0. The number of rotatable bonds is 5. The Hall–Kier alpha value is -1.95. The van der Waals surface area contributed by atoms with Gasteiger partial charge in [0.05, 0.1) is 24.8 Å². The summed E-state index contributed by atoms with van der Waals surface area (Å²) in [6, 6.07) is 15.2. The molecule has 0 spiro atoms. The summed E-state index contributed by atoms with van der Waals surface area (Å²) < 4.78 is 5.54. The molecule has 1 aliphatic rings. The quantitative estimate of drug-likeness (QED) is 0.750. The molecule has 0 aliphatic carbocycles. The zero-order valence-corrected chi connectivity index (χ0v) is 15.3. The first kappa shape index (κ1) is 16.5. The molecule has 1 saturated heterocycles. The first-order valence-electron chi connectivity index (χ1n) is 8.77. The van der Waals surface area contributed by atoms with E-state index in [4.69, 9.17) is 4.74 Å². The van der Waals surface area contributed by atoms with E-state index >= 15 is 0 Å². The molecule has 0 saturated carbocycles. The fraction of sp³-hybridized carbons (Fsp3) is 0.350. The van der Waals surface area contributed by atoms with Crippen LogP contribution in [0.5, 0.6) is 0 Å². The van der Waals surface area contributed by atoms with Crippen molar-refractivity contribution in [1.29, 1.82) is 0 Å². The summed E-state index contributed by atoms with van der Waals surface area (Å²) in [6.07, 6.45) is 0. The van der Waals surface area contributed by atoms with Crippen LogP contribution in [0, 0.1) is 6.92 Å². The maximum atomic E-state index is 5.54. The first-order chi connectivity index (χ1) is 12.3. The van der Waals surface area contributed by atoms with Crippen LogP contribution in [0.1, 0.15) is 16.6 Å². The molecule has 1 fully saturated rings. The number of benzene rings is 1. The number of nitrogens with one attached hydrogen (secondary N) is 1. The second-order valence-electron chi connectivity index (χ2n) is 6.39. The van der Waals surface area contributed by atoms with E-state index in [9.17, 15) is 0 Å². The molecule has 25 heavy (non-hydrogen) atoms. The molecule has 3 heterocycles. The fourth-order valence-corrected chi connectivity index (χ4v) is 4.30. The Bertz CT molecular complexity index is 828. The molecule has 4 nitrogen and oxygen atoms in total.